The van der Waals surface area contributed by atoms with Crippen LogP contribution in [0.3, 0.4) is 0 Å². The molecular formula is C8H16O5. The van der Waals surface area contributed by atoms with Gasteiger partial charge in [0.1, 0.15) is 24.4 Å². The van der Waals surface area contributed by atoms with Crippen molar-refractivity contribution in [2.24, 2.45) is 0 Å². The van der Waals surface area contributed by atoms with Crippen molar-refractivity contribution in [1.82, 2.24) is 0 Å². The lowest BCUT2D eigenvalue weighted by molar-refractivity contribution is -0.231. The van der Waals surface area contributed by atoms with Gasteiger partial charge in [0.2, 0.25) is 0 Å². The van der Waals surface area contributed by atoms with Crippen molar-refractivity contribution in [1.29, 1.82) is 0 Å². The molecule has 1 fully saturated rings. The molecule has 1 saturated heterocycles. The van der Waals surface area contributed by atoms with Gasteiger partial charge in [0.25, 0.3) is 0 Å². The molecule has 1 aliphatic heterocycles. The van der Waals surface area contributed by atoms with Crippen LogP contribution in [0.5, 0.6) is 0 Å². The maximum Gasteiger partial charge on any atom is 0.114 e. The van der Waals surface area contributed by atoms with Gasteiger partial charge in [-0.25, -0.2) is 0 Å². The second-order valence-electron chi connectivity index (χ2n) is 3.24. The molecule has 78 valence electrons. The van der Waals surface area contributed by atoms with E-state index < -0.39 is 30.5 Å². The zero-order valence-corrected chi connectivity index (χ0v) is 7.75. The Morgan fingerprint density at radius 2 is 1.92 bits per heavy atom. The summed E-state index contributed by atoms with van der Waals surface area (Å²) in [5.41, 5.74) is 0. The van der Waals surface area contributed by atoms with Crippen LogP contribution in [0, 0.1) is 0 Å². The fraction of sp³-hybridized carbons (Fsp3) is 1.00. The second-order valence-corrected chi connectivity index (χ2v) is 3.24. The van der Waals surface area contributed by atoms with E-state index in [0.717, 1.165) is 0 Å². The van der Waals surface area contributed by atoms with Crippen LogP contribution in [0.2, 0.25) is 0 Å². The largest absolute Gasteiger partial charge is 0.394 e. The molecule has 1 heterocycles. The quantitative estimate of drug-likeness (QED) is 0.496. The summed E-state index contributed by atoms with van der Waals surface area (Å²) in [6, 6.07) is 0. The van der Waals surface area contributed by atoms with Crippen LogP contribution < -0.4 is 0 Å². The van der Waals surface area contributed by atoms with Crippen molar-refractivity contribution in [3.63, 3.8) is 0 Å². The Morgan fingerprint density at radius 1 is 1.31 bits per heavy atom. The molecule has 0 amide bonds. The zero-order valence-electron chi connectivity index (χ0n) is 7.75. The van der Waals surface area contributed by atoms with Crippen molar-refractivity contribution in [3.8, 4) is 0 Å². The number of rotatable bonds is 2. The highest BCUT2D eigenvalue weighted by molar-refractivity contribution is 4.91. The summed E-state index contributed by atoms with van der Waals surface area (Å²) in [5.74, 6) is 0. The molecule has 3 N–H and O–H groups in total. The van der Waals surface area contributed by atoms with Crippen molar-refractivity contribution < 1.29 is 24.8 Å². The van der Waals surface area contributed by atoms with Crippen LogP contribution in [-0.4, -0.2) is 59.6 Å². The van der Waals surface area contributed by atoms with Crippen molar-refractivity contribution in [3.05, 3.63) is 0 Å². The second kappa shape index (κ2) is 4.34. The summed E-state index contributed by atoms with van der Waals surface area (Å²) >= 11 is 0. The molecule has 0 aromatic carbocycles. The summed E-state index contributed by atoms with van der Waals surface area (Å²) in [6.45, 7) is 1.39. The van der Waals surface area contributed by atoms with Crippen LogP contribution in [0.4, 0.5) is 0 Å². The Kier molecular flexibility index (Phi) is 3.63. The van der Waals surface area contributed by atoms with E-state index in [1.807, 2.05) is 0 Å². The van der Waals surface area contributed by atoms with E-state index in [1.54, 1.807) is 6.92 Å². The number of ether oxygens (including phenoxy) is 2. The molecule has 3 unspecified atom stereocenters. The zero-order chi connectivity index (χ0) is 10.0. The smallest absolute Gasteiger partial charge is 0.114 e. The Balaban J connectivity index is 2.69. The first-order chi connectivity index (χ1) is 6.11. The number of aliphatic hydroxyl groups excluding tert-OH is 3. The van der Waals surface area contributed by atoms with Gasteiger partial charge in [-0.15, -0.1) is 0 Å². The SMILES string of the molecule is CO[C@@H]1C(O)C(C)OC(CO)[C@@H]1O. The van der Waals surface area contributed by atoms with Crippen molar-refractivity contribution in [2.75, 3.05) is 13.7 Å². The van der Waals surface area contributed by atoms with E-state index in [9.17, 15) is 10.2 Å². The number of hydrogen-bond donors (Lipinski definition) is 3. The molecule has 5 heteroatoms. The third kappa shape index (κ3) is 2.00. The highest BCUT2D eigenvalue weighted by atomic mass is 16.6. The van der Waals surface area contributed by atoms with Gasteiger partial charge < -0.3 is 24.8 Å². The van der Waals surface area contributed by atoms with E-state index in [0.29, 0.717) is 0 Å². The fourth-order valence-electron chi connectivity index (χ4n) is 1.55. The summed E-state index contributed by atoms with van der Waals surface area (Å²) in [4.78, 5) is 0. The third-order valence-electron chi connectivity index (χ3n) is 2.38. The van der Waals surface area contributed by atoms with Gasteiger partial charge in [0.15, 0.2) is 0 Å². The van der Waals surface area contributed by atoms with Gasteiger partial charge in [-0.3, -0.25) is 0 Å². The Hall–Kier alpha value is -0.200. The minimum Gasteiger partial charge on any atom is -0.394 e. The average Bonchev–Trinajstić information content (AvgIpc) is 2.12. The molecular weight excluding hydrogens is 176 g/mol. The van der Waals surface area contributed by atoms with E-state index in [2.05, 4.69) is 0 Å². The standard InChI is InChI=1S/C8H16O5/c1-4-6(10)8(12-2)7(11)5(3-9)13-4/h4-11H,3H2,1-2H3/t4?,5?,6?,7-,8+/m0/s1. The van der Waals surface area contributed by atoms with Gasteiger partial charge in [-0.2, -0.15) is 0 Å². The highest BCUT2D eigenvalue weighted by Gasteiger charge is 2.42. The van der Waals surface area contributed by atoms with Gasteiger partial charge in [0, 0.05) is 7.11 Å². The van der Waals surface area contributed by atoms with Crippen LogP contribution in [0.1, 0.15) is 6.92 Å². The Bertz CT molecular complexity index is 163. The van der Waals surface area contributed by atoms with Gasteiger partial charge >= 0.3 is 0 Å². The molecule has 0 saturated carbocycles. The normalized spacial score (nSPS) is 46.4. The molecule has 1 rings (SSSR count). The first kappa shape index (κ1) is 10.9. The average molecular weight is 192 g/mol. The van der Waals surface area contributed by atoms with Crippen molar-refractivity contribution in [2.45, 2.75) is 37.4 Å². The fourth-order valence-corrected chi connectivity index (χ4v) is 1.55. The lowest BCUT2D eigenvalue weighted by Gasteiger charge is -2.40. The van der Waals surface area contributed by atoms with Gasteiger partial charge in [-0.05, 0) is 6.92 Å². The summed E-state index contributed by atoms with van der Waals surface area (Å²) in [7, 11) is 1.41. The van der Waals surface area contributed by atoms with E-state index in [-0.39, 0.29) is 6.61 Å². The summed E-state index contributed by atoms with van der Waals surface area (Å²) < 4.78 is 10.1. The topological polar surface area (TPSA) is 79.2 Å². The number of methoxy groups -OCH3 is 1. The highest BCUT2D eigenvalue weighted by Crippen LogP contribution is 2.22. The molecule has 0 radical (unpaired) electrons. The lowest BCUT2D eigenvalue weighted by atomic mass is 9.96. The van der Waals surface area contributed by atoms with Crippen LogP contribution in [-0.2, 0) is 9.47 Å². The molecule has 5 atom stereocenters. The summed E-state index contributed by atoms with van der Waals surface area (Å²) in [6.07, 6.45) is -3.65. The molecule has 5 nitrogen and oxygen atoms in total. The van der Waals surface area contributed by atoms with E-state index in [4.69, 9.17) is 14.6 Å². The summed E-state index contributed by atoms with van der Waals surface area (Å²) in [5, 5.41) is 27.9. The first-order valence-electron chi connectivity index (χ1n) is 4.27. The number of aliphatic hydroxyl groups is 3. The molecule has 0 bridgehead atoms. The lowest BCUT2D eigenvalue weighted by Crippen LogP contribution is -2.58. The molecule has 0 spiro atoms. The van der Waals surface area contributed by atoms with E-state index in [1.165, 1.54) is 7.11 Å². The predicted molar refractivity (Wildman–Crippen MR) is 44.2 cm³/mol. The van der Waals surface area contributed by atoms with Crippen molar-refractivity contribution >= 4 is 0 Å². The minimum atomic E-state index is -0.985. The predicted octanol–water partition coefficient (Wildman–Crippen LogP) is -1.50. The minimum absolute atomic E-state index is 0.280. The first-order valence-corrected chi connectivity index (χ1v) is 4.27. The molecule has 0 aliphatic carbocycles. The van der Waals surface area contributed by atoms with Crippen LogP contribution >= 0.6 is 0 Å². The maximum atomic E-state index is 9.55. The molecule has 0 aromatic heterocycles. The Morgan fingerprint density at radius 3 is 2.38 bits per heavy atom. The Labute approximate surface area is 76.9 Å². The van der Waals surface area contributed by atoms with Crippen LogP contribution in [0.15, 0.2) is 0 Å². The monoisotopic (exact) mass is 192 g/mol. The molecule has 13 heavy (non-hydrogen) atoms. The molecule has 0 aromatic rings. The maximum absolute atomic E-state index is 9.55. The van der Waals surface area contributed by atoms with Crippen LogP contribution in [0.25, 0.3) is 0 Å². The van der Waals surface area contributed by atoms with E-state index >= 15 is 0 Å². The van der Waals surface area contributed by atoms with Gasteiger partial charge in [0.05, 0.1) is 12.7 Å². The third-order valence-corrected chi connectivity index (χ3v) is 2.38. The number of hydrogen-bond acceptors (Lipinski definition) is 5. The molecule has 1 aliphatic rings. The van der Waals surface area contributed by atoms with Gasteiger partial charge in [-0.1, -0.05) is 0 Å².